The molecule has 0 fully saturated rings. The van der Waals surface area contributed by atoms with Gasteiger partial charge in [0, 0.05) is 24.0 Å². The van der Waals surface area contributed by atoms with Crippen LogP contribution in [0.4, 0.5) is 8.78 Å². The third-order valence-electron chi connectivity index (χ3n) is 4.06. The molecular formula is C21H16F2N2O4. The lowest BCUT2D eigenvalue weighted by molar-refractivity contribution is -0.138. The summed E-state index contributed by atoms with van der Waals surface area (Å²) in [7, 11) is 1.32. The number of hydrogen-bond donors (Lipinski definition) is 0. The zero-order valence-electron chi connectivity index (χ0n) is 15.3. The fourth-order valence-electron chi connectivity index (χ4n) is 2.76. The number of nitriles is 1. The van der Waals surface area contributed by atoms with E-state index in [4.69, 9.17) is 9.47 Å². The second-order valence-corrected chi connectivity index (χ2v) is 5.86. The summed E-state index contributed by atoms with van der Waals surface area (Å²) in [4.78, 5) is 12.0. The molecule has 148 valence electrons. The van der Waals surface area contributed by atoms with Gasteiger partial charge in [0.05, 0.1) is 18.2 Å². The molecule has 0 unspecified atom stereocenters. The van der Waals surface area contributed by atoms with E-state index in [2.05, 4.69) is 10.8 Å². The molecule has 2 heterocycles. The number of hydrogen-bond acceptors (Lipinski definition) is 5. The number of halogens is 2. The van der Waals surface area contributed by atoms with Gasteiger partial charge in [0.15, 0.2) is 11.5 Å². The molecule has 0 atom stereocenters. The number of nitrogens with zero attached hydrogens (tertiary/aromatic N) is 2. The maximum absolute atomic E-state index is 12.4. The number of pyridine rings is 1. The summed E-state index contributed by atoms with van der Waals surface area (Å²) in [5.41, 5.74) is 2.31. The van der Waals surface area contributed by atoms with Gasteiger partial charge in [-0.05, 0) is 35.9 Å². The van der Waals surface area contributed by atoms with Crippen LogP contribution in [0.5, 0.6) is 11.5 Å². The van der Waals surface area contributed by atoms with Crippen molar-refractivity contribution in [2.45, 2.75) is 13.2 Å². The normalized spacial score (nSPS) is 11.0. The topological polar surface area (TPSA) is 73.0 Å². The number of alkyl halides is 2. The predicted molar refractivity (Wildman–Crippen MR) is 101 cm³/mol. The molecule has 0 aliphatic rings. The molecule has 0 aliphatic carbocycles. The van der Waals surface area contributed by atoms with E-state index in [1.165, 1.54) is 37.5 Å². The second kappa shape index (κ2) is 8.89. The van der Waals surface area contributed by atoms with Gasteiger partial charge in [0.2, 0.25) is 0 Å². The molecule has 0 radical (unpaired) electrons. The lowest BCUT2D eigenvalue weighted by atomic mass is 10.2. The SMILES string of the molecule is COc1cc(/C=C/C(=O)OCc2cn3ccccc3c2C#N)ccc1OC(F)F. The molecule has 1 aromatic carbocycles. The van der Waals surface area contributed by atoms with Crippen molar-refractivity contribution in [3.8, 4) is 17.6 Å². The van der Waals surface area contributed by atoms with Gasteiger partial charge in [0.25, 0.3) is 0 Å². The number of aromatic nitrogens is 1. The Kier molecular flexibility index (Phi) is 6.09. The van der Waals surface area contributed by atoms with E-state index < -0.39 is 12.6 Å². The third-order valence-corrected chi connectivity index (χ3v) is 4.06. The van der Waals surface area contributed by atoms with Crippen molar-refractivity contribution in [3.63, 3.8) is 0 Å². The Morgan fingerprint density at radius 2 is 2.10 bits per heavy atom. The molecule has 6 nitrogen and oxygen atoms in total. The fourth-order valence-corrected chi connectivity index (χ4v) is 2.76. The van der Waals surface area contributed by atoms with E-state index in [-0.39, 0.29) is 18.1 Å². The summed E-state index contributed by atoms with van der Waals surface area (Å²) >= 11 is 0. The number of carbonyl (C=O) groups is 1. The molecule has 3 rings (SSSR count). The van der Waals surface area contributed by atoms with Gasteiger partial charge in [-0.2, -0.15) is 14.0 Å². The van der Waals surface area contributed by atoms with Crippen LogP contribution in [0.3, 0.4) is 0 Å². The maximum atomic E-state index is 12.4. The van der Waals surface area contributed by atoms with Crippen molar-refractivity contribution >= 4 is 17.6 Å². The van der Waals surface area contributed by atoms with E-state index in [9.17, 15) is 18.8 Å². The van der Waals surface area contributed by atoms with E-state index in [1.54, 1.807) is 22.9 Å². The van der Waals surface area contributed by atoms with Crippen molar-refractivity contribution in [1.29, 1.82) is 5.26 Å². The first-order valence-corrected chi connectivity index (χ1v) is 8.48. The van der Waals surface area contributed by atoms with E-state index >= 15 is 0 Å². The number of benzene rings is 1. The van der Waals surface area contributed by atoms with Crippen LogP contribution in [0.1, 0.15) is 16.7 Å². The Labute approximate surface area is 165 Å². The summed E-state index contributed by atoms with van der Waals surface area (Å²) in [5.74, 6) is -0.608. The number of methoxy groups -OCH3 is 1. The number of rotatable bonds is 7. The average molecular weight is 398 g/mol. The summed E-state index contributed by atoms with van der Waals surface area (Å²) in [6.45, 7) is -3.03. The standard InChI is InChI=1S/C21H16F2N2O4/c1-27-19-10-14(5-7-18(19)29-21(22)23)6-8-20(26)28-13-15-12-25-9-3-2-4-17(25)16(15)11-24/h2-10,12,21H,13H2,1H3/b8-6+. The number of carbonyl (C=O) groups excluding carboxylic acids is 1. The molecular weight excluding hydrogens is 382 g/mol. The highest BCUT2D eigenvalue weighted by Crippen LogP contribution is 2.29. The first-order chi connectivity index (χ1) is 14.0. The van der Waals surface area contributed by atoms with Crippen LogP contribution in [0.25, 0.3) is 11.6 Å². The van der Waals surface area contributed by atoms with Gasteiger partial charge < -0.3 is 18.6 Å². The molecule has 8 heteroatoms. The van der Waals surface area contributed by atoms with Crippen molar-refractivity contribution < 1.29 is 27.8 Å². The molecule has 29 heavy (non-hydrogen) atoms. The van der Waals surface area contributed by atoms with E-state index in [1.807, 2.05) is 12.1 Å². The molecule has 0 spiro atoms. The molecule has 3 aromatic rings. The Bertz CT molecular complexity index is 1100. The first kappa shape index (κ1) is 19.9. The van der Waals surface area contributed by atoms with Crippen LogP contribution >= 0.6 is 0 Å². The molecule has 0 saturated carbocycles. The third kappa shape index (κ3) is 4.71. The van der Waals surface area contributed by atoms with Crippen LogP contribution in [0.15, 0.2) is 54.9 Å². The summed E-state index contributed by atoms with van der Waals surface area (Å²) in [6.07, 6.45) is 6.19. The van der Waals surface area contributed by atoms with Gasteiger partial charge in [-0.1, -0.05) is 12.1 Å². The van der Waals surface area contributed by atoms with Crippen LogP contribution in [-0.2, 0) is 16.1 Å². The highest BCUT2D eigenvalue weighted by atomic mass is 19.3. The minimum absolute atomic E-state index is 0.0573. The predicted octanol–water partition coefficient (Wildman–Crippen LogP) is 4.18. The highest BCUT2D eigenvalue weighted by molar-refractivity contribution is 5.87. The number of ether oxygens (including phenoxy) is 3. The largest absolute Gasteiger partial charge is 0.493 e. The van der Waals surface area contributed by atoms with Crippen LogP contribution < -0.4 is 9.47 Å². The van der Waals surface area contributed by atoms with Crippen molar-refractivity contribution in [1.82, 2.24) is 4.40 Å². The molecule has 2 aromatic heterocycles. The minimum atomic E-state index is -2.97. The van der Waals surface area contributed by atoms with Gasteiger partial charge in [-0.25, -0.2) is 4.79 Å². The molecule has 0 amide bonds. The summed E-state index contributed by atoms with van der Waals surface area (Å²) in [5, 5.41) is 9.36. The maximum Gasteiger partial charge on any atom is 0.387 e. The molecule has 0 saturated heterocycles. The van der Waals surface area contributed by atoms with Crippen LogP contribution in [-0.4, -0.2) is 24.1 Å². The summed E-state index contributed by atoms with van der Waals surface area (Å²) in [6, 6.07) is 11.9. The lowest BCUT2D eigenvalue weighted by Gasteiger charge is -2.10. The Balaban J connectivity index is 1.67. The van der Waals surface area contributed by atoms with Crippen molar-refractivity contribution in [2.24, 2.45) is 0 Å². The van der Waals surface area contributed by atoms with Gasteiger partial charge in [-0.3, -0.25) is 0 Å². The fraction of sp³-hybridized carbons (Fsp3) is 0.143. The van der Waals surface area contributed by atoms with Gasteiger partial charge in [0.1, 0.15) is 12.7 Å². The van der Waals surface area contributed by atoms with Crippen LogP contribution in [0.2, 0.25) is 0 Å². The molecule has 0 aliphatic heterocycles. The molecule has 0 bridgehead atoms. The zero-order valence-corrected chi connectivity index (χ0v) is 15.3. The van der Waals surface area contributed by atoms with Gasteiger partial charge in [-0.15, -0.1) is 0 Å². The smallest absolute Gasteiger partial charge is 0.387 e. The zero-order chi connectivity index (χ0) is 20.8. The van der Waals surface area contributed by atoms with E-state index in [0.717, 1.165) is 5.52 Å². The Hall–Kier alpha value is -3.86. The second-order valence-electron chi connectivity index (χ2n) is 5.86. The van der Waals surface area contributed by atoms with Crippen LogP contribution in [0, 0.1) is 11.3 Å². The Morgan fingerprint density at radius 1 is 1.28 bits per heavy atom. The number of fused-ring (bicyclic) bond motifs is 1. The number of esters is 1. The monoisotopic (exact) mass is 398 g/mol. The highest BCUT2D eigenvalue weighted by Gasteiger charge is 2.12. The quantitative estimate of drug-likeness (QED) is 0.441. The van der Waals surface area contributed by atoms with Crippen molar-refractivity contribution in [2.75, 3.05) is 7.11 Å². The first-order valence-electron chi connectivity index (χ1n) is 8.48. The minimum Gasteiger partial charge on any atom is -0.493 e. The average Bonchev–Trinajstić information content (AvgIpc) is 3.08. The molecule has 0 N–H and O–H groups in total. The van der Waals surface area contributed by atoms with E-state index in [0.29, 0.717) is 16.7 Å². The van der Waals surface area contributed by atoms with Crippen molar-refractivity contribution in [3.05, 3.63) is 71.6 Å². The summed E-state index contributed by atoms with van der Waals surface area (Å²) < 4.78 is 41.1. The van der Waals surface area contributed by atoms with Gasteiger partial charge >= 0.3 is 12.6 Å². The Morgan fingerprint density at radius 3 is 2.83 bits per heavy atom. The lowest BCUT2D eigenvalue weighted by Crippen LogP contribution is -2.03.